The Kier molecular flexibility index (Phi) is 5.46. The molecule has 1 heterocycles. The third-order valence-corrected chi connectivity index (χ3v) is 4.35. The maximum absolute atomic E-state index is 12.4. The lowest BCUT2D eigenvalue weighted by atomic mass is 9.98. The molecule has 1 aliphatic heterocycles. The highest BCUT2D eigenvalue weighted by Crippen LogP contribution is 2.34. The van der Waals surface area contributed by atoms with Crippen LogP contribution in [0.4, 0.5) is 4.79 Å². The molecule has 1 spiro atoms. The van der Waals surface area contributed by atoms with E-state index in [4.69, 9.17) is 4.74 Å². The summed E-state index contributed by atoms with van der Waals surface area (Å²) in [6.07, 6.45) is 1.96. The number of rotatable bonds is 6. The average Bonchev–Trinajstić information content (AvgIpc) is 3.06. The lowest BCUT2D eigenvalue weighted by Gasteiger charge is -2.20. The SMILES string of the molecule is CC(C)CNC(=O)[C@@H](C)OC(=O)CN1C(=O)NC2(CCCC2)C1=O. The lowest BCUT2D eigenvalue weighted by Crippen LogP contribution is -2.45. The van der Waals surface area contributed by atoms with Gasteiger partial charge in [-0.2, -0.15) is 0 Å². The molecular formula is C16H25N3O5. The molecule has 1 aliphatic carbocycles. The maximum Gasteiger partial charge on any atom is 0.327 e. The number of nitrogens with zero attached hydrogens (tertiary/aromatic N) is 1. The molecule has 2 rings (SSSR count). The number of amides is 4. The topological polar surface area (TPSA) is 105 Å². The third-order valence-electron chi connectivity index (χ3n) is 4.35. The van der Waals surface area contributed by atoms with Crippen LogP contribution in [0.25, 0.3) is 0 Å². The van der Waals surface area contributed by atoms with E-state index in [2.05, 4.69) is 10.6 Å². The van der Waals surface area contributed by atoms with Gasteiger partial charge in [-0.25, -0.2) is 4.79 Å². The fraction of sp³-hybridized carbons (Fsp3) is 0.750. The first-order valence-corrected chi connectivity index (χ1v) is 8.36. The predicted octanol–water partition coefficient (Wildman–Crippen LogP) is 0.555. The summed E-state index contributed by atoms with van der Waals surface area (Å²) in [5.41, 5.74) is -0.850. The zero-order valence-corrected chi connectivity index (χ0v) is 14.4. The van der Waals surface area contributed by atoms with E-state index >= 15 is 0 Å². The van der Waals surface area contributed by atoms with Crippen LogP contribution in [-0.4, -0.2) is 53.4 Å². The van der Waals surface area contributed by atoms with E-state index < -0.39 is 36.1 Å². The van der Waals surface area contributed by atoms with Gasteiger partial charge >= 0.3 is 12.0 Å². The maximum atomic E-state index is 12.4. The van der Waals surface area contributed by atoms with Gasteiger partial charge in [0.25, 0.3) is 11.8 Å². The Labute approximate surface area is 141 Å². The second-order valence-corrected chi connectivity index (χ2v) is 6.88. The third kappa shape index (κ3) is 3.85. The van der Waals surface area contributed by atoms with Crippen molar-refractivity contribution in [1.29, 1.82) is 0 Å². The molecule has 8 heteroatoms. The summed E-state index contributed by atoms with van der Waals surface area (Å²) in [4.78, 5) is 49.1. The molecule has 2 aliphatic rings. The van der Waals surface area contributed by atoms with Gasteiger partial charge in [0.1, 0.15) is 12.1 Å². The molecule has 0 bridgehead atoms. The molecule has 1 saturated carbocycles. The van der Waals surface area contributed by atoms with Gasteiger partial charge in [-0.1, -0.05) is 26.7 Å². The second kappa shape index (κ2) is 7.19. The quantitative estimate of drug-likeness (QED) is 0.543. The Morgan fingerprint density at radius 2 is 1.88 bits per heavy atom. The molecule has 0 unspecified atom stereocenters. The van der Waals surface area contributed by atoms with Crippen LogP contribution in [0.3, 0.4) is 0 Å². The van der Waals surface area contributed by atoms with Crippen molar-refractivity contribution in [3.8, 4) is 0 Å². The van der Waals surface area contributed by atoms with Crippen LogP contribution in [0, 0.1) is 5.92 Å². The van der Waals surface area contributed by atoms with Gasteiger partial charge in [0.2, 0.25) is 0 Å². The normalized spacial score (nSPS) is 20.4. The van der Waals surface area contributed by atoms with Gasteiger partial charge in [0, 0.05) is 6.54 Å². The Morgan fingerprint density at radius 3 is 2.46 bits per heavy atom. The minimum atomic E-state index is -0.975. The molecule has 1 saturated heterocycles. The Bertz CT molecular complexity index is 540. The number of urea groups is 1. The lowest BCUT2D eigenvalue weighted by molar-refractivity contribution is -0.156. The number of hydrogen-bond donors (Lipinski definition) is 2. The predicted molar refractivity (Wildman–Crippen MR) is 84.8 cm³/mol. The first kappa shape index (κ1) is 18.2. The molecule has 2 fully saturated rings. The highest BCUT2D eigenvalue weighted by atomic mass is 16.5. The minimum absolute atomic E-state index is 0.283. The van der Waals surface area contributed by atoms with Gasteiger partial charge < -0.3 is 15.4 Å². The summed E-state index contributed by atoms with van der Waals surface area (Å²) < 4.78 is 5.03. The molecule has 0 aromatic rings. The summed E-state index contributed by atoms with van der Waals surface area (Å²) in [6, 6.07) is -0.573. The highest BCUT2D eigenvalue weighted by molar-refractivity contribution is 6.08. The molecule has 134 valence electrons. The van der Waals surface area contributed by atoms with Crippen molar-refractivity contribution >= 4 is 23.8 Å². The van der Waals surface area contributed by atoms with Gasteiger partial charge in [-0.15, -0.1) is 0 Å². The zero-order chi connectivity index (χ0) is 17.9. The van der Waals surface area contributed by atoms with Crippen molar-refractivity contribution in [1.82, 2.24) is 15.5 Å². The molecule has 8 nitrogen and oxygen atoms in total. The van der Waals surface area contributed by atoms with E-state index in [1.54, 1.807) is 0 Å². The van der Waals surface area contributed by atoms with E-state index in [1.165, 1.54) is 6.92 Å². The molecule has 0 radical (unpaired) electrons. The number of nitrogens with one attached hydrogen (secondary N) is 2. The fourth-order valence-corrected chi connectivity index (χ4v) is 3.00. The number of carbonyl (C=O) groups is 4. The number of carbonyl (C=O) groups excluding carboxylic acids is 4. The van der Waals surface area contributed by atoms with E-state index in [9.17, 15) is 19.2 Å². The van der Waals surface area contributed by atoms with Crippen molar-refractivity contribution < 1.29 is 23.9 Å². The highest BCUT2D eigenvalue weighted by Gasteiger charge is 2.52. The smallest absolute Gasteiger partial charge is 0.327 e. The largest absolute Gasteiger partial charge is 0.451 e. The molecule has 0 aromatic carbocycles. The van der Waals surface area contributed by atoms with Crippen LogP contribution in [0.2, 0.25) is 0 Å². The first-order chi connectivity index (χ1) is 11.2. The summed E-state index contributed by atoms with van der Waals surface area (Å²) in [5.74, 6) is -1.27. The van der Waals surface area contributed by atoms with Crippen molar-refractivity contribution in [3.05, 3.63) is 0 Å². The number of imide groups is 1. The molecule has 0 aromatic heterocycles. The second-order valence-electron chi connectivity index (χ2n) is 6.88. The molecule has 4 amide bonds. The fourth-order valence-electron chi connectivity index (χ4n) is 3.00. The Morgan fingerprint density at radius 1 is 1.25 bits per heavy atom. The number of ether oxygens (including phenoxy) is 1. The van der Waals surface area contributed by atoms with Crippen LogP contribution < -0.4 is 10.6 Å². The summed E-state index contributed by atoms with van der Waals surface area (Å²) in [7, 11) is 0. The monoisotopic (exact) mass is 339 g/mol. The van der Waals surface area contributed by atoms with Crippen LogP contribution in [0.5, 0.6) is 0 Å². The standard InChI is InChI=1S/C16H25N3O5/c1-10(2)8-17-13(21)11(3)24-12(20)9-19-14(22)16(18-15(19)23)6-4-5-7-16/h10-11H,4-9H2,1-3H3,(H,17,21)(H,18,23)/t11-/m1/s1. The van der Waals surface area contributed by atoms with E-state index in [-0.39, 0.29) is 11.8 Å². The van der Waals surface area contributed by atoms with Gasteiger partial charge in [-0.05, 0) is 25.7 Å². The molecule has 1 atom stereocenters. The van der Waals surface area contributed by atoms with E-state index in [0.717, 1.165) is 17.7 Å². The Balaban J connectivity index is 1.87. The molecule has 2 N–H and O–H groups in total. The zero-order valence-electron chi connectivity index (χ0n) is 14.4. The van der Waals surface area contributed by atoms with Gasteiger partial charge in [-0.3, -0.25) is 19.3 Å². The first-order valence-electron chi connectivity index (χ1n) is 8.36. The van der Waals surface area contributed by atoms with Gasteiger partial charge in [0.05, 0.1) is 0 Å². The van der Waals surface area contributed by atoms with Crippen molar-refractivity contribution in [3.63, 3.8) is 0 Å². The van der Waals surface area contributed by atoms with Crippen LogP contribution in [-0.2, 0) is 19.1 Å². The van der Waals surface area contributed by atoms with Crippen molar-refractivity contribution in [2.24, 2.45) is 5.92 Å². The summed E-state index contributed by atoms with van der Waals surface area (Å²) in [5, 5.41) is 5.36. The number of esters is 1. The van der Waals surface area contributed by atoms with Crippen LogP contribution in [0.1, 0.15) is 46.5 Å². The average molecular weight is 339 g/mol. The Hall–Kier alpha value is -2.12. The summed E-state index contributed by atoms with van der Waals surface area (Å²) in [6.45, 7) is 5.36. The van der Waals surface area contributed by atoms with Crippen molar-refractivity contribution in [2.75, 3.05) is 13.1 Å². The minimum Gasteiger partial charge on any atom is -0.451 e. The molecule has 24 heavy (non-hydrogen) atoms. The summed E-state index contributed by atoms with van der Waals surface area (Å²) >= 11 is 0. The van der Waals surface area contributed by atoms with Crippen LogP contribution >= 0.6 is 0 Å². The number of hydrogen-bond acceptors (Lipinski definition) is 5. The van der Waals surface area contributed by atoms with Crippen LogP contribution in [0.15, 0.2) is 0 Å². The van der Waals surface area contributed by atoms with Crippen molar-refractivity contribution in [2.45, 2.75) is 58.1 Å². The van der Waals surface area contributed by atoms with E-state index in [0.29, 0.717) is 19.4 Å². The van der Waals surface area contributed by atoms with E-state index in [1.807, 2.05) is 13.8 Å². The van der Waals surface area contributed by atoms with Gasteiger partial charge in [0.15, 0.2) is 6.10 Å². The molecular weight excluding hydrogens is 314 g/mol.